The fourth-order valence-corrected chi connectivity index (χ4v) is 4.32. The molecule has 2 aromatic carbocycles. The zero-order valence-electron chi connectivity index (χ0n) is 20.0. The first-order chi connectivity index (χ1) is 14.9. The molecule has 2 aliphatic rings. The topological polar surface area (TPSA) is 36.3 Å². The van der Waals surface area contributed by atoms with Crippen molar-refractivity contribution in [2.45, 2.75) is 66.3 Å². The molecule has 4 heteroatoms. The van der Waals surface area contributed by atoms with Gasteiger partial charge in [-0.3, -0.25) is 4.90 Å². The van der Waals surface area contributed by atoms with Crippen molar-refractivity contribution >= 4 is 0 Å². The van der Waals surface area contributed by atoms with E-state index in [-0.39, 0.29) is 5.82 Å². The third kappa shape index (κ3) is 6.55. The van der Waals surface area contributed by atoms with Crippen molar-refractivity contribution in [1.29, 1.82) is 5.26 Å². The Labute approximate surface area is 187 Å². The minimum absolute atomic E-state index is 0.320. The molecule has 3 nitrogen and oxygen atoms in total. The number of nitrogens with zero attached hydrogens (tertiary/aromatic N) is 2. The summed E-state index contributed by atoms with van der Waals surface area (Å²) in [5.74, 6) is 1.62. The molecule has 1 heterocycles. The van der Waals surface area contributed by atoms with Gasteiger partial charge in [-0.15, -0.1) is 0 Å². The molecule has 1 aliphatic heterocycles. The van der Waals surface area contributed by atoms with Gasteiger partial charge in [0.15, 0.2) is 0 Å². The molecule has 0 radical (unpaired) electrons. The summed E-state index contributed by atoms with van der Waals surface area (Å²) < 4.78 is 18.0. The fourth-order valence-electron chi connectivity index (χ4n) is 4.32. The molecule has 4 rings (SSSR count). The third-order valence-electron chi connectivity index (χ3n) is 6.31. The molecule has 0 bridgehead atoms. The highest BCUT2D eigenvalue weighted by Crippen LogP contribution is 2.33. The van der Waals surface area contributed by atoms with Gasteiger partial charge in [0.05, 0.1) is 18.7 Å². The van der Waals surface area contributed by atoms with Crippen molar-refractivity contribution in [3.8, 4) is 11.8 Å². The number of benzene rings is 2. The van der Waals surface area contributed by atoms with Crippen molar-refractivity contribution in [3.63, 3.8) is 0 Å². The van der Waals surface area contributed by atoms with Gasteiger partial charge in [-0.25, -0.2) is 4.39 Å². The number of ether oxygens (including phenoxy) is 1. The van der Waals surface area contributed by atoms with Gasteiger partial charge in [-0.2, -0.15) is 5.26 Å². The van der Waals surface area contributed by atoms with E-state index in [2.05, 4.69) is 30.9 Å². The molecule has 1 unspecified atom stereocenters. The molecule has 1 atom stereocenters. The highest BCUT2D eigenvalue weighted by atomic mass is 19.1. The second-order valence-corrected chi connectivity index (χ2v) is 8.44. The van der Waals surface area contributed by atoms with E-state index in [1.807, 2.05) is 19.9 Å². The molecule has 0 saturated carbocycles. The van der Waals surface area contributed by atoms with Gasteiger partial charge in [-0.1, -0.05) is 26.8 Å². The van der Waals surface area contributed by atoms with Crippen LogP contribution in [0, 0.1) is 36.9 Å². The molecule has 31 heavy (non-hydrogen) atoms. The summed E-state index contributed by atoms with van der Waals surface area (Å²) in [6.45, 7) is 12.8. The zero-order valence-corrected chi connectivity index (χ0v) is 20.0. The first kappa shape index (κ1) is 24.9. The second kappa shape index (κ2) is 11.9. The average molecular weight is 425 g/mol. The lowest BCUT2D eigenvalue weighted by atomic mass is 9.97. The summed E-state index contributed by atoms with van der Waals surface area (Å²) in [4.78, 5) is 2.71. The number of nitriles is 1. The van der Waals surface area contributed by atoms with Gasteiger partial charge in [0.1, 0.15) is 11.6 Å². The van der Waals surface area contributed by atoms with Crippen LogP contribution < -0.4 is 4.74 Å². The summed E-state index contributed by atoms with van der Waals surface area (Å²) in [6.07, 6.45) is 5.19. The normalized spacial score (nSPS) is 18.1. The van der Waals surface area contributed by atoms with Crippen LogP contribution in [0.2, 0.25) is 0 Å². The van der Waals surface area contributed by atoms with E-state index in [0.717, 1.165) is 17.7 Å². The van der Waals surface area contributed by atoms with Gasteiger partial charge in [0.25, 0.3) is 0 Å². The van der Waals surface area contributed by atoms with Gasteiger partial charge >= 0.3 is 0 Å². The second-order valence-electron chi connectivity index (χ2n) is 8.44. The Kier molecular flexibility index (Phi) is 9.52. The molecular formula is C27H37FN2O. The Hall–Kier alpha value is -2.38. The molecule has 168 valence electrons. The predicted octanol–water partition coefficient (Wildman–Crippen LogP) is 6.23. The maximum Gasteiger partial charge on any atom is 0.127 e. The summed E-state index contributed by atoms with van der Waals surface area (Å²) in [5, 5.41) is 8.34. The van der Waals surface area contributed by atoms with Crippen molar-refractivity contribution < 1.29 is 9.13 Å². The Balaban J connectivity index is 0.000000241. The smallest absolute Gasteiger partial charge is 0.127 e. The van der Waals surface area contributed by atoms with Crippen LogP contribution in [0.3, 0.4) is 0 Å². The van der Waals surface area contributed by atoms with Crippen molar-refractivity contribution in [2.24, 2.45) is 5.92 Å². The maximum atomic E-state index is 12.6. The predicted molar refractivity (Wildman–Crippen MR) is 126 cm³/mol. The van der Waals surface area contributed by atoms with Gasteiger partial charge in [0, 0.05) is 6.04 Å². The number of methoxy groups -OCH3 is 1. The molecule has 0 amide bonds. The quantitative estimate of drug-likeness (QED) is 0.573. The summed E-state index contributed by atoms with van der Waals surface area (Å²) in [7, 11) is 1.76. The highest BCUT2D eigenvalue weighted by molar-refractivity contribution is 5.45. The number of piperidine rings is 1. The largest absolute Gasteiger partial charge is 0.497 e. The SMILES string of the molecule is CC.COc1cc(C)c2c(c1)CC(N1CCC(C)CC1)C2.Cc1ccc(C#N)cc1F. The van der Waals surface area contributed by atoms with E-state index < -0.39 is 0 Å². The fraction of sp³-hybridized carbons (Fsp3) is 0.519. The number of halogens is 1. The van der Waals surface area contributed by atoms with Crippen LogP contribution in [-0.2, 0) is 12.8 Å². The van der Waals surface area contributed by atoms with Crippen molar-refractivity contribution in [2.75, 3.05) is 20.2 Å². The van der Waals surface area contributed by atoms with Crippen LogP contribution in [0.5, 0.6) is 5.75 Å². The Morgan fingerprint density at radius 2 is 1.71 bits per heavy atom. The van der Waals surface area contributed by atoms with Crippen LogP contribution in [0.1, 0.15) is 61.4 Å². The first-order valence-corrected chi connectivity index (χ1v) is 11.5. The van der Waals surface area contributed by atoms with Gasteiger partial charge in [0.2, 0.25) is 0 Å². The molecule has 0 spiro atoms. The molecule has 1 saturated heterocycles. The molecule has 0 aromatic heterocycles. The minimum atomic E-state index is -0.320. The van der Waals surface area contributed by atoms with Crippen LogP contribution in [0.25, 0.3) is 0 Å². The molecule has 1 aliphatic carbocycles. The summed E-state index contributed by atoms with van der Waals surface area (Å²) in [5.41, 5.74) is 5.43. The van der Waals surface area contributed by atoms with Gasteiger partial charge in [-0.05, 0) is 105 Å². The minimum Gasteiger partial charge on any atom is -0.497 e. The van der Waals surface area contributed by atoms with Crippen LogP contribution in [-0.4, -0.2) is 31.1 Å². The van der Waals surface area contributed by atoms with E-state index in [4.69, 9.17) is 10.00 Å². The number of hydrogen-bond donors (Lipinski definition) is 0. The number of fused-ring (bicyclic) bond motifs is 1. The molecule has 2 aromatic rings. The lowest BCUT2D eigenvalue weighted by Gasteiger charge is -2.34. The van der Waals surface area contributed by atoms with Crippen molar-refractivity contribution in [3.05, 3.63) is 64.0 Å². The van der Waals surface area contributed by atoms with E-state index in [1.165, 1.54) is 56.0 Å². The third-order valence-corrected chi connectivity index (χ3v) is 6.31. The van der Waals surface area contributed by atoms with E-state index >= 15 is 0 Å². The molecular weight excluding hydrogens is 387 g/mol. The first-order valence-electron chi connectivity index (χ1n) is 11.5. The Morgan fingerprint density at radius 3 is 2.29 bits per heavy atom. The van der Waals surface area contributed by atoms with Crippen molar-refractivity contribution in [1.82, 2.24) is 4.90 Å². The molecule has 0 N–H and O–H groups in total. The number of rotatable bonds is 2. The highest BCUT2D eigenvalue weighted by Gasteiger charge is 2.30. The maximum absolute atomic E-state index is 12.6. The van der Waals surface area contributed by atoms with Crippen LogP contribution in [0.15, 0.2) is 30.3 Å². The lowest BCUT2D eigenvalue weighted by molar-refractivity contribution is 0.142. The summed E-state index contributed by atoms with van der Waals surface area (Å²) in [6, 6.07) is 11.4. The van der Waals surface area contributed by atoms with Crippen LogP contribution >= 0.6 is 0 Å². The number of aryl methyl sites for hydroxylation is 2. The zero-order chi connectivity index (χ0) is 23.0. The molecule has 1 fully saturated rings. The average Bonchev–Trinajstić information content (AvgIpc) is 3.23. The van der Waals surface area contributed by atoms with E-state index in [9.17, 15) is 4.39 Å². The number of likely N-dealkylation sites (tertiary alicyclic amines) is 1. The van der Waals surface area contributed by atoms with Gasteiger partial charge < -0.3 is 4.74 Å². The van der Waals surface area contributed by atoms with E-state index in [1.54, 1.807) is 31.7 Å². The monoisotopic (exact) mass is 424 g/mol. The van der Waals surface area contributed by atoms with Crippen LogP contribution in [0.4, 0.5) is 4.39 Å². The summed E-state index contributed by atoms with van der Waals surface area (Å²) >= 11 is 0. The van der Waals surface area contributed by atoms with E-state index in [0.29, 0.717) is 11.1 Å². The Bertz CT molecular complexity index is 895. The number of hydrogen-bond acceptors (Lipinski definition) is 3. The lowest BCUT2D eigenvalue weighted by Crippen LogP contribution is -2.41. The Morgan fingerprint density at radius 1 is 1.03 bits per heavy atom. The standard InChI is InChI=1S/C17H25NO.C8H6FN.C2H6/c1-12-4-6-18(7-5-12)15-9-14-10-16(19-3)8-13(2)17(14)11-15;1-6-2-3-7(5-10)4-8(6)9;1-2/h8,10,12,15H,4-7,9,11H2,1-3H3;2-4H,1H3;1-2H3.